The average molecular weight is 332 g/mol. The highest BCUT2D eigenvalue weighted by atomic mass is 16.5. The van der Waals surface area contributed by atoms with Gasteiger partial charge in [-0.3, -0.25) is 14.9 Å². The highest BCUT2D eigenvalue weighted by molar-refractivity contribution is 6.29. The minimum atomic E-state index is 0.247. The van der Waals surface area contributed by atoms with Gasteiger partial charge in [-0.1, -0.05) is 12.8 Å². The smallest absolute Gasteiger partial charge is 0.142 e. The second kappa shape index (κ2) is 7.12. The predicted molar refractivity (Wildman–Crippen MR) is 98.1 cm³/mol. The van der Waals surface area contributed by atoms with Gasteiger partial charge < -0.3 is 9.64 Å². The molecule has 134 valence electrons. The zero-order valence-electron chi connectivity index (χ0n) is 15.2. The Balaban J connectivity index is 1.29. The van der Waals surface area contributed by atoms with Crippen molar-refractivity contribution in [1.29, 1.82) is 0 Å². The second-order valence-corrected chi connectivity index (χ2v) is 8.15. The molecule has 5 nitrogen and oxygen atoms in total. The van der Waals surface area contributed by atoms with E-state index in [0.717, 1.165) is 44.5 Å². The number of fused-ring (bicyclic) bond motifs is 1. The van der Waals surface area contributed by atoms with Crippen LogP contribution >= 0.6 is 0 Å². The van der Waals surface area contributed by atoms with Gasteiger partial charge in [0.05, 0.1) is 31.0 Å². The van der Waals surface area contributed by atoms with Crippen LogP contribution in [0.15, 0.2) is 9.98 Å². The molecule has 3 fully saturated rings. The summed E-state index contributed by atoms with van der Waals surface area (Å²) in [6, 6.07) is 0.887. The fourth-order valence-electron chi connectivity index (χ4n) is 4.75. The summed E-state index contributed by atoms with van der Waals surface area (Å²) in [7, 11) is 0. The Hall–Kier alpha value is -0.940. The lowest BCUT2D eigenvalue weighted by atomic mass is 9.85. The van der Waals surface area contributed by atoms with Crippen molar-refractivity contribution in [3.05, 3.63) is 0 Å². The van der Waals surface area contributed by atoms with Crippen LogP contribution in [0.2, 0.25) is 0 Å². The van der Waals surface area contributed by atoms with Gasteiger partial charge in [0.1, 0.15) is 5.84 Å². The van der Waals surface area contributed by atoms with Crippen LogP contribution in [0.25, 0.3) is 0 Å². The summed E-state index contributed by atoms with van der Waals surface area (Å²) in [6.07, 6.45) is 9.36. The van der Waals surface area contributed by atoms with Crippen molar-refractivity contribution >= 4 is 12.1 Å². The van der Waals surface area contributed by atoms with Crippen LogP contribution in [-0.2, 0) is 4.74 Å². The van der Waals surface area contributed by atoms with E-state index >= 15 is 0 Å². The standard InChI is InChI=1S/C19H32N4O/c1-14(2)22-7-9-23(10-8-22)19-13-20-16(12-21-19)18-11-15-5-3-4-6-17(15)24-18/h13-18H,3-12H2,1-2H3. The average Bonchev–Trinajstić information content (AvgIpc) is 3.06. The van der Waals surface area contributed by atoms with Crippen LogP contribution in [0.5, 0.6) is 0 Å². The Bertz CT molecular complexity index is 482. The number of hydrogen-bond donors (Lipinski definition) is 0. The first kappa shape index (κ1) is 16.5. The summed E-state index contributed by atoms with van der Waals surface area (Å²) in [5, 5.41) is 0. The molecule has 2 saturated heterocycles. The monoisotopic (exact) mass is 332 g/mol. The van der Waals surface area contributed by atoms with E-state index in [2.05, 4.69) is 23.6 Å². The van der Waals surface area contributed by atoms with Crippen molar-refractivity contribution < 1.29 is 4.74 Å². The maximum Gasteiger partial charge on any atom is 0.142 e. The molecule has 0 aromatic rings. The Morgan fingerprint density at radius 3 is 2.54 bits per heavy atom. The number of piperazine rings is 1. The Labute approximate surface area is 146 Å². The lowest BCUT2D eigenvalue weighted by molar-refractivity contribution is 0.00975. The van der Waals surface area contributed by atoms with Crippen molar-refractivity contribution in [3.63, 3.8) is 0 Å². The lowest BCUT2D eigenvalue weighted by Crippen LogP contribution is -2.51. The van der Waals surface area contributed by atoms with Crippen LogP contribution in [-0.4, -0.2) is 78.9 Å². The van der Waals surface area contributed by atoms with Gasteiger partial charge in [-0.05, 0) is 39.0 Å². The summed E-state index contributed by atoms with van der Waals surface area (Å²) in [5.74, 6) is 1.87. The maximum absolute atomic E-state index is 6.32. The predicted octanol–water partition coefficient (Wildman–Crippen LogP) is 2.21. The van der Waals surface area contributed by atoms with E-state index in [0.29, 0.717) is 18.2 Å². The molecule has 24 heavy (non-hydrogen) atoms. The van der Waals surface area contributed by atoms with E-state index in [-0.39, 0.29) is 6.04 Å². The van der Waals surface area contributed by atoms with E-state index in [4.69, 9.17) is 14.7 Å². The molecule has 0 aromatic carbocycles. The molecule has 4 unspecified atom stereocenters. The number of nitrogens with zero attached hydrogens (tertiary/aromatic N) is 4. The third kappa shape index (κ3) is 3.38. The van der Waals surface area contributed by atoms with Crippen LogP contribution < -0.4 is 0 Å². The summed E-state index contributed by atoms with van der Waals surface area (Å²) in [6.45, 7) is 9.75. The number of rotatable bonds is 2. The van der Waals surface area contributed by atoms with Gasteiger partial charge in [-0.2, -0.15) is 0 Å². The minimum absolute atomic E-state index is 0.247. The van der Waals surface area contributed by atoms with E-state index in [1.54, 1.807) is 0 Å². The first-order valence-corrected chi connectivity index (χ1v) is 9.93. The molecule has 5 heteroatoms. The molecule has 3 heterocycles. The van der Waals surface area contributed by atoms with Gasteiger partial charge in [0.15, 0.2) is 0 Å². The summed E-state index contributed by atoms with van der Waals surface area (Å²) < 4.78 is 6.32. The zero-order valence-corrected chi connectivity index (χ0v) is 15.2. The third-order valence-electron chi connectivity index (χ3n) is 6.34. The fraction of sp³-hybridized carbons (Fsp3) is 0.895. The number of aliphatic imine (C=N–C) groups is 2. The second-order valence-electron chi connectivity index (χ2n) is 8.15. The minimum Gasteiger partial charge on any atom is -0.372 e. The van der Waals surface area contributed by atoms with Gasteiger partial charge in [-0.25, -0.2) is 0 Å². The Kier molecular flexibility index (Phi) is 4.90. The van der Waals surface area contributed by atoms with E-state index in [1.807, 2.05) is 6.21 Å². The van der Waals surface area contributed by atoms with Gasteiger partial charge >= 0.3 is 0 Å². The Morgan fingerprint density at radius 1 is 1.08 bits per heavy atom. The van der Waals surface area contributed by atoms with Crippen LogP contribution in [0, 0.1) is 5.92 Å². The molecule has 3 aliphatic heterocycles. The lowest BCUT2D eigenvalue weighted by Gasteiger charge is -2.38. The van der Waals surface area contributed by atoms with Gasteiger partial charge in [0, 0.05) is 32.2 Å². The van der Waals surface area contributed by atoms with Crippen molar-refractivity contribution in [2.24, 2.45) is 15.9 Å². The SMILES string of the molecule is CC(C)N1CCN(C2=NCC(C3CC4CCCCC4O3)N=C2)CC1. The van der Waals surface area contributed by atoms with Crippen molar-refractivity contribution in [2.75, 3.05) is 32.7 Å². The third-order valence-corrected chi connectivity index (χ3v) is 6.34. The molecule has 1 saturated carbocycles. The molecule has 4 aliphatic rings. The fourth-order valence-corrected chi connectivity index (χ4v) is 4.75. The first-order valence-electron chi connectivity index (χ1n) is 9.93. The normalized spacial score (nSPS) is 37.6. The molecule has 0 radical (unpaired) electrons. The van der Waals surface area contributed by atoms with Crippen molar-refractivity contribution in [3.8, 4) is 0 Å². The maximum atomic E-state index is 6.32. The van der Waals surface area contributed by atoms with E-state index < -0.39 is 0 Å². The molecule has 1 aliphatic carbocycles. The van der Waals surface area contributed by atoms with Gasteiger partial charge in [0.25, 0.3) is 0 Å². The first-order chi connectivity index (χ1) is 11.7. The van der Waals surface area contributed by atoms with Crippen LogP contribution in [0.1, 0.15) is 46.0 Å². The largest absolute Gasteiger partial charge is 0.372 e. The molecule has 4 atom stereocenters. The highest BCUT2D eigenvalue weighted by Gasteiger charge is 2.40. The summed E-state index contributed by atoms with van der Waals surface area (Å²) in [4.78, 5) is 14.6. The molecular formula is C19H32N4O. The molecule has 0 aromatic heterocycles. The molecule has 0 N–H and O–H groups in total. The number of amidine groups is 1. The quantitative estimate of drug-likeness (QED) is 0.778. The molecule has 4 rings (SSSR count). The molecule has 0 spiro atoms. The van der Waals surface area contributed by atoms with Crippen molar-refractivity contribution in [2.45, 2.75) is 70.2 Å². The van der Waals surface area contributed by atoms with E-state index in [9.17, 15) is 0 Å². The van der Waals surface area contributed by atoms with Crippen LogP contribution in [0.3, 0.4) is 0 Å². The highest BCUT2D eigenvalue weighted by Crippen LogP contribution is 2.39. The topological polar surface area (TPSA) is 40.4 Å². The Morgan fingerprint density at radius 2 is 1.88 bits per heavy atom. The molecular weight excluding hydrogens is 300 g/mol. The number of ether oxygens (including phenoxy) is 1. The van der Waals surface area contributed by atoms with Gasteiger partial charge in [0.2, 0.25) is 0 Å². The van der Waals surface area contributed by atoms with E-state index in [1.165, 1.54) is 32.1 Å². The molecule has 0 amide bonds. The van der Waals surface area contributed by atoms with Crippen LogP contribution in [0.4, 0.5) is 0 Å². The van der Waals surface area contributed by atoms with Gasteiger partial charge in [-0.15, -0.1) is 0 Å². The molecule has 0 bridgehead atoms. The zero-order chi connectivity index (χ0) is 16.5. The number of hydrogen-bond acceptors (Lipinski definition) is 5. The summed E-state index contributed by atoms with van der Waals surface area (Å²) in [5.41, 5.74) is 0. The van der Waals surface area contributed by atoms with Crippen molar-refractivity contribution in [1.82, 2.24) is 9.80 Å². The summed E-state index contributed by atoms with van der Waals surface area (Å²) >= 11 is 0.